The molecule has 6 heteroatoms. The molecule has 22 heavy (non-hydrogen) atoms. The molecule has 0 aromatic heterocycles. The van der Waals surface area contributed by atoms with E-state index in [2.05, 4.69) is 13.8 Å². The number of benzene rings is 1. The van der Waals surface area contributed by atoms with Crippen molar-refractivity contribution in [3.05, 3.63) is 28.7 Å². The Balaban J connectivity index is 2.30. The van der Waals surface area contributed by atoms with Crippen molar-refractivity contribution in [2.75, 3.05) is 20.8 Å². The predicted octanol–water partition coefficient (Wildman–Crippen LogP) is 3.56. The smallest absolute Gasteiger partial charge is 0.266 e. The number of thioether (sulfide) groups is 1. The van der Waals surface area contributed by atoms with Crippen LogP contribution in [0, 0.1) is 5.92 Å². The third kappa shape index (κ3) is 3.62. The molecule has 1 aromatic rings. The lowest BCUT2D eigenvalue weighted by Crippen LogP contribution is -2.31. The van der Waals surface area contributed by atoms with E-state index in [0.717, 1.165) is 5.56 Å². The lowest BCUT2D eigenvalue weighted by Gasteiger charge is -2.16. The van der Waals surface area contributed by atoms with Crippen LogP contribution >= 0.6 is 24.0 Å². The second kappa shape index (κ2) is 7.15. The molecule has 1 aromatic carbocycles. The first-order chi connectivity index (χ1) is 10.5. The molecule has 0 aliphatic carbocycles. The molecule has 118 valence electrons. The molecule has 1 aliphatic rings. The van der Waals surface area contributed by atoms with E-state index in [-0.39, 0.29) is 5.91 Å². The minimum absolute atomic E-state index is 0.0402. The Morgan fingerprint density at radius 3 is 2.64 bits per heavy atom. The molecule has 0 unspecified atom stereocenters. The second-order valence-electron chi connectivity index (χ2n) is 5.29. The number of hydrogen-bond donors (Lipinski definition) is 0. The Bertz CT molecular complexity index is 626. The summed E-state index contributed by atoms with van der Waals surface area (Å²) in [4.78, 5) is 14.7. The number of carbonyl (C=O) groups is 1. The van der Waals surface area contributed by atoms with E-state index in [1.807, 2.05) is 18.2 Å². The van der Waals surface area contributed by atoms with Crippen LogP contribution in [0.15, 0.2) is 23.1 Å². The summed E-state index contributed by atoms with van der Waals surface area (Å²) in [5.74, 6) is 1.70. The van der Waals surface area contributed by atoms with E-state index in [9.17, 15) is 4.79 Å². The van der Waals surface area contributed by atoms with Crippen molar-refractivity contribution < 1.29 is 14.3 Å². The zero-order valence-corrected chi connectivity index (χ0v) is 14.7. The van der Waals surface area contributed by atoms with Gasteiger partial charge in [-0.15, -0.1) is 0 Å². The van der Waals surface area contributed by atoms with Crippen LogP contribution in [-0.4, -0.2) is 35.9 Å². The maximum Gasteiger partial charge on any atom is 0.266 e. The number of thiocarbonyl (C=S) groups is 1. The number of nitrogens with zero attached hydrogens (tertiary/aromatic N) is 1. The van der Waals surface area contributed by atoms with E-state index >= 15 is 0 Å². The minimum atomic E-state index is -0.0402. The van der Waals surface area contributed by atoms with Gasteiger partial charge in [0.05, 0.1) is 19.1 Å². The van der Waals surface area contributed by atoms with Gasteiger partial charge in [0.25, 0.3) is 5.91 Å². The largest absolute Gasteiger partial charge is 0.497 e. The Kier molecular flexibility index (Phi) is 5.47. The van der Waals surface area contributed by atoms with Crippen molar-refractivity contribution in [3.8, 4) is 11.5 Å². The van der Waals surface area contributed by atoms with Gasteiger partial charge in [-0.05, 0) is 24.1 Å². The van der Waals surface area contributed by atoms with Gasteiger partial charge >= 0.3 is 0 Å². The number of ether oxygens (including phenoxy) is 2. The first kappa shape index (κ1) is 16.8. The molecule has 0 N–H and O–H groups in total. The summed E-state index contributed by atoms with van der Waals surface area (Å²) in [5, 5.41) is 0. The van der Waals surface area contributed by atoms with Crippen molar-refractivity contribution in [2.24, 2.45) is 5.92 Å². The van der Waals surface area contributed by atoms with Gasteiger partial charge in [-0.2, -0.15) is 0 Å². The Morgan fingerprint density at radius 2 is 2.05 bits per heavy atom. The highest BCUT2D eigenvalue weighted by Gasteiger charge is 2.32. The predicted molar refractivity (Wildman–Crippen MR) is 94.3 cm³/mol. The summed E-state index contributed by atoms with van der Waals surface area (Å²) in [7, 11) is 3.20. The zero-order chi connectivity index (χ0) is 16.3. The molecule has 1 saturated heterocycles. The van der Waals surface area contributed by atoms with Crippen LogP contribution in [0.25, 0.3) is 6.08 Å². The zero-order valence-electron chi connectivity index (χ0n) is 13.1. The molecule has 0 radical (unpaired) electrons. The third-order valence-electron chi connectivity index (χ3n) is 3.15. The monoisotopic (exact) mass is 337 g/mol. The Hall–Kier alpha value is -1.53. The summed E-state index contributed by atoms with van der Waals surface area (Å²) in [5.41, 5.74) is 0.827. The summed E-state index contributed by atoms with van der Waals surface area (Å²) < 4.78 is 11.1. The van der Waals surface area contributed by atoms with Crippen molar-refractivity contribution in [3.63, 3.8) is 0 Å². The first-order valence-electron chi connectivity index (χ1n) is 6.93. The lowest BCUT2D eigenvalue weighted by molar-refractivity contribution is -0.122. The first-order valence-corrected chi connectivity index (χ1v) is 8.16. The molecule has 4 nitrogen and oxygen atoms in total. The average Bonchev–Trinajstić information content (AvgIpc) is 2.75. The van der Waals surface area contributed by atoms with E-state index in [0.29, 0.717) is 33.2 Å². The topological polar surface area (TPSA) is 38.8 Å². The highest BCUT2D eigenvalue weighted by Crippen LogP contribution is 2.35. The highest BCUT2D eigenvalue weighted by atomic mass is 32.2. The number of rotatable bonds is 5. The average molecular weight is 337 g/mol. The molecule has 1 aliphatic heterocycles. The summed E-state index contributed by atoms with van der Waals surface area (Å²) in [6.07, 6.45) is 1.82. The number of hydrogen-bond acceptors (Lipinski definition) is 5. The van der Waals surface area contributed by atoms with Crippen molar-refractivity contribution in [1.29, 1.82) is 0 Å². The Labute approximate surface area is 140 Å². The summed E-state index contributed by atoms with van der Waals surface area (Å²) in [6, 6.07) is 5.50. The van der Waals surface area contributed by atoms with E-state index in [1.54, 1.807) is 25.2 Å². The number of methoxy groups -OCH3 is 2. The normalized spacial score (nSPS) is 16.8. The molecular weight excluding hydrogens is 318 g/mol. The van der Waals surface area contributed by atoms with Gasteiger partial charge in [-0.1, -0.05) is 37.8 Å². The van der Waals surface area contributed by atoms with Gasteiger partial charge in [0, 0.05) is 18.2 Å². The van der Waals surface area contributed by atoms with Gasteiger partial charge < -0.3 is 9.47 Å². The Morgan fingerprint density at radius 1 is 1.32 bits per heavy atom. The summed E-state index contributed by atoms with van der Waals surface area (Å²) >= 11 is 6.64. The van der Waals surface area contributed by atoms with E-state index < -0.39 is 0 Å². The molecule has 0 saturated carbocycles. The molecule has 0 bridgehead atoms. The molecule has 1 heterocycles. The van der Waals surface area contributed by atoms with Crippen molar-refractivity contribution in [2.45, 2.75) is 13.8 Å². The number of carbonyl (C=O) groups excluding carboxylic acids is 1. The van der Waals surface area contributed by atoms with Crippen LogP contribution < -0.4 is 9.47 Å². The van der Waals surface area contributed by atoms with E-state index in [1.165, 1.54) is 11.8 Å². The van der Waals surface area contributed by atoms with Gasteiger partial charge in [0.2, 0.25) is 0 Å². The lowest BCUT2D eigenvalue weighted by atomic mass is 10.1. The van der Waals surface area contributed by atoms with Crippen molar-refractivity contribution in [1.82, 2.24) is 4.90 Å². The quantitative estimate of drug-likeness (QED) is 0.607. The molecule has 0 spiro atoms. The van der Waals surface area contributed by atoms with Crippen molar-refractivity contribution >= 4 is 40.3 Å². The van der Waals surface area contributed by atoms with E-state index in [4.69, 9.17) is 21.7 Å². The van der Waals surface area contributed by atoms with Crippen LogP contribution in [0.2, 0.25) is 0 Å². The van der Waals surface area contributed by atoms with Gasteiger partial charge in [0.1, 0.15) is 15.8 Å². The molecule has 2 rings (SSSR count). The molecule has 0 atom stereocenters. The molecule has 1 fully saturated rings. The highest BCUT2D eigenvalue weighted by molar-refractivity contribution is 8.26. The molecular formula is C16H19NO3S2. The van der Waals surface area contributed by atoms with Crippen LogP contribution in [0.1, 0.15) is 19.4 Å². The van der Waals surface area contributed by atoms with Gasteiger partial charge in [-0.3, -0.25) is 9.69 Å². The van der Waals surface area contributed by atoms with Crippen LogP contribution in [0.5, 0.6) is 11.5 Å². The fourth-order valence-electron chi connectivity index (χ4n) is 2.10. The maximum atomic E-state index is 12.5. The van der Waals surface area contributed by atoms with Crippen LogP contribution in [-0.2, 0) is 4.79 Å². The fourth-order valence-corrected chi connectivity index (χ4v) is 3.37. The fraction of sp³-hybridized carbons (Fsp3) is 0.375. The third-order valence-corrected chi connectivity index (χ3v) is 4.53. The van der Waals surface area contributed by atoms with Crippen LogP contribution in [0.3, 0.4) is 0 Å². The van der Waals surface area contributed by atoms with Crippen LogP contribution in [0.4, 0.5) is 0 Å². The second-order valence-corrected chi connectivity index (χ2v) is 6.97. The maximum absolute atomic E-state index is 12.5. The number of amides is 1. The standard InChI is InChI=1S/C16H19NO3S2/c1-10(2)9-17-15(18)14(22-16(17)21)7-11-5-6-12(19-3)8-13(11)20-4/h5-8,10H,9H2,1-4H3. The summed E-state index contributed by atoms with van der Waals surface area (Å²) in [6.45, 7) is 4.77. The SMILES string of the molecule is COc1ccc(C=C2SC(=S)N(CC(C)C)C2=O)c(OC)c1. The van der Waals surface area contributed by atoms with Gasteiger partial charge in [-0.25, -0.2) is 0 Å². The minimum Gasteiger partial charge on any atom is -0.497 e. The van der Waals surface area contributed by atoms with Gasteiger partial charge in [0.15, 0.2) is 0 Å². The molecule has 1 amide bonds.